The van der Waals surface area contributed by atoms with Crippen LogP contribution < -0.4 is 21.9 Å². The van der Waals surface area contributed by atoms with Crippen LogP contribution in [0.25, 0.3) is 0 Å². The van der Waals surface area contributed by atoms with Crippen molar-refractivity contribution >= 4 is 23.2 Å². The molecule has 1 aromatic rings. The van der Waals surface area contributed by atoms with Gasteiger partial charge in [0.25, 0.3) is 11.6 Å². The van der Waals surface area contributed by atoms with Gasteiger partial charge < -0.3 is 16.1 Å². The molecule has 0 aliphatic carbocycles. The van der Waals surface area contributed by atoms with Crippen LogP contribution in [0, 0.1) is 10.1 Å². The van der Waals surface area contributed by atoms with Crippen molar-refractivity contribution in [2.24, 2.45) is 5.84 Å². The highest BCUT2D eigenvalue weighted by Crippen LogP contribution is 2.24. The highest BCUT2D eigenvalue weighted by atomic mass is 16.6. The summed E-state index contributed by atoms with van der Waals surface area (Å²) in [7, 11) is 1.50. The number of benzene rings is 1. The minimum Gasteiger partial charge on any atom is -0.359 e. The molecule has 9 nitrogen and oxygen atoms in total. The number of hydrogen-bond acceptors (Lipinski definition) is 6. The zero-order chi connectivity index (χ0) is 15.1. The van der Waals surface area contributed by atoms with Gasteiger partial charge in [-0.2, -0.15) is 0 Å². The second-order valence-electron chi connectivity index (χ2n) is 3.81. The molecular formula is C11H15N5O4. The van der Waals surface area contributed by atoms with Gasteiger partial charge in [-0.25, -0.2) is 0 Å². The van der Waals surface area contributed by atoms with Gasteiger partial charge >= 0.3 is 0 Å². The average Bonchev–Trinajstić information content (AvgIpc) is 2.45. The van der Waals surface area contributed by atoms with Crippen molar-refractivity contribution in [2.75, 3.05) is 19.0 Å². The molecule has 0 saturated heterocycles. The number of nitrogens with one attached hydrogen (secondary N) is 3. The molecule has 0 fully saturated rings. The molecule has 2 amide bonds. The normalized spacial score (nSPS) is 9.70. The van der Waals surface area contributed by atoms with E-state index >= 15 is 0 Å². The third-order valence-electron chi connectivity index (χ3n) is 2.53. The first-order valence-electron chi connectivity index (χ1n) is 5.73. The van der Waals surface area contributed by atoms with Crippen molar-refractivity contribution in [2.45, 2.75) is 6.42 Å². The summed E-state index contributed by atoms with van der Waals surface area (Å²) in [6, 6.07) is 3.77. The lowest BCUT2D eigenvalue weighted by Crippen LogP contribution is -2.29. The van der Waals surface area contributed by atoms with E-state index in [0.717, 1.165) is 0 Å². The molecule has 0 unspecified atom stereocenters. The van der Waals surface area contributed by atoms with Crippen molar-refractivity contribution < 1.29 is 14.5 Å². The lowest BCUT2D eigenvalue weighted by Gasteiger charge is -2.07. The van der Waals surface area contributed by atoms with E-state index in [4.69, 9.17) is 5.84 Å². The van der Waals surface area contributed by atoms with E-state index in [9.17, 15) is 19.7 Å². The maximum Gasteiger partial charge on any atom is 0.293 e. The number of hydrazine groups is 1. The lowest BCUT2D eigenvalue weighted by molar-refractivity contribution is -0.384. The van der Waals surface area contributed by atoms with Crippen molar-refractivity contribution in [1.82, 2.24) is 10.6 Å². The van der Waals surface area contributed by atoms with Crippen molar-refractivity contribution in [3.63, 3.8) is 0 Å². The first-order valence-corrected chi connectivity index (χ1v) is 5.73. The van der Waals surface area contributed by atoms with Gasteiger partial charge in [0.15, 0.2) is 0 Å². The quantitative estimate of drug-likeness (QED) is 0.322. The van der Waals surface area contributed by atoms with Crippen LogP contribution in [0.1, 0.15) is 16.8 Å². The molecule has 0 aliphatic heterocycles. The fourth-order valence-electron chi connectivity index (χ4n) is 1.47. The number of carbonyl (C=O) groups excluding carboxylic acids is 2. The molecular weight excluding hydrogens is 266 g/mol. The van der Waals surface area contributed by atoms with Crippen LogP contribution in [0.3, 0.4) is 0 Å². The maximum absolute atomic E-state index is 11.8. The molecule has 0 heterocycles. The first-order chi connectivity index (χ1) is 9.49. The van der Waals surface area contributed by atoms with Crippen LogP contribution in [0.5, 0.6) is 0 Å². The number of nitrogen functional groups attached to an aromatic ring is 1. The van der Waals surface area contributed by atoms with Gasteiger partial charge in [0.1, 0.15) is 5.69 Å². The molecule has 0 atom stereocenters. The number of hydrogen-bond donors (Lipinski definition) is 4. The number of amides is 2. The predicted octanol–water partition coefficient (Wildman–Crippen LogP) is -0.254. The molecule has 1 aromatic carbocycles. The van der Waals surface area contributed by atoms with Crippen molar-refractivity contribution in [3.8, 4) is 0 Å². The summed E-state index contributed by atoms with van der Waals surface area (Å²) in [5.74, 6) is 4.54. The molecule has 108 valence electrons. The summed E-state index contributed by atoms with van der Waals surface area (Å²) < 4.78 is 0. The fraction of sp³-hybridized carbons (Fsp3) is 0.273. The first kappa shape index (κ1) is 15.4. The van der Waals surface area contributed by atoms with Gasteiger partial charge in [-0.15, -0.1) is 0 Å². The molecule has 0 bridgehead atoms. The van der Waals surface area contributed by atoms with Gasteiger partial charge in [-0.05, 0) is 12.1 Å². The Labute approximate surface area is 114 Å². The van der Waals surface area contributed by atoms with E-state index in [-0.39, 0.29) is 35.8 Å². The molecule has 5 N–H and O–H groups in total. The number of rotatable bonds is 6. The summed E-state index contributed by atoms with van der Waals surface area (Å²) in [5, 5.41) is 15.7. The Morgan fingerprint density at radius 3 is 2.65 bits per heavy atom. The van der Waals surface area contributed by atoms with E-state index in [1.165, 1.54) is 25.2 Å². The fourth-order valence-corrected chi connectivity index (χ4v) is 1.47. The third-order valence-corrected chi connectivity index (χ3v) is 2.53. The minimum absolute atomic E-state index is 0.0361. The Morgan fingerprint density at radius 1 is 1.40 bits per heavy atom. The largest absolute Gasteiger partial charge is 0.359 e. The van der Waals surface area contributed by atoms with Gasteiger partial charge in [0.05, 0.1) is 4.92 Å². The van der Waals surface area contributed by atoms with Crippen LogP contribution in [0.15, 0.2) is 18.2 Å². The van der Waals surface area contributed by atoms with Crippen molar-refractivity contribution in [1.29, 1.82) is 0 Å². The van der Waals surface area contributed by atoms with Crippen LogP contribution in [-0.2, 0) is 4.79 Å². The zero-order valence-electron chi connectivity index (χ0n) is 10.8. The molecule has 1 rings (SSSR count). The van der Waals surface area contributed by atoms with E-state index in [1.54, 1.807) is 0 Å². The Balaban J connectivity index is 2.74. The maximum atomic E-state index is 11.8. The predicted molar refractivity (Wildman–Crippen MR) is 71.9 cm³/mol. The number of anilines is 1. The van der Waals surface area contributed by atoms with Gasteiger partial charge in [-0.1, -0.05) is 0 Å². The van der Waals surface area contributed by atoms with Gasteiger partial charge in [-0.3, -0.25) is 25.5 Å². The van der Waals surface area contributed by atoms with Gasteiger partial charge in [0.2, 0.25) is 5.91 Å². The summed E-state index contributed by atoms with van der Waals surface area (Å²) in [6.07, 6.45) is 0.150. The summed E-state index contributed by atoms with van der Waals surface area (Å²) in [4.78, 5) is 32.9. The number of nitrogens with two attached hydrogens (primary N) is 1. The van der Waals surface area contributed by atoms with E-state index in [1.807, 2.05) is 0 Å². The number of nitrogens with zero attached hydrogens (tertiary/aromatic N) is 1. The molecule has 0 saturated carbocycles. The molecule has 20 heavy (non-hydrogen) atoms. The number of carbonyl (C=O) groups is 2. The second-order valence-corrected chi connectivity index (χ2v) is 3.81. The molecule has 0 spiro atoms. The third kappa shape index (κ3) is 3.92. The van der Waals surface area contributed by atoms with E-state index < -0.39 is 10.8 Å². The second kappa shape index (κ2) is 7.04. The van der Waals surface area contributed by atoms with Crippen LogP contribution in [0.2, 0.25) is 0 Å². The Bertz CT molecular complexity index is 532. The van der Waals surface area contributed by atoms with E-state index in [2.05, 4.69) is 16.1 Å². The Hall–Kier alpha value is -2.68. The van der Waals surface area contributed by atoms with Crippen LogP contribution in [-0.4, -0.2) is 30.3 Å². The topological polar surface area (TPSA) is 139 Å². The minimum atomic E-state index is -0.609. The van der Waals surface area contributed by atoms with Crippen molar-refractivity contribution in [3.05, 3.63) is 33.9 Å². The zero-order valence-corrected chi connectivity index (χ0v) is 10.8. The average molecular weight is 281 g/mol. The summed E-state index contributed by atoms with van der Waals surface area (Å²) in [5.41, 5.74) is 2.19. The number of nitro benzene ring substituents is 1. The number of nitro groups is 1. The van der Waals surface area contributed by atoms with Crippen LogP contribution in [0.4, 0.5) is 11.4 Å². The summed E-state index contributed by atoms with van der Waals surface area (Å²) in [6.45, 7) is 0.168. The van der Waals surface area contributed by atoms with Crippen LogP contribution >= 0.6 is 0 Å². The SMILES string of the molecule is CNC(=O)CCNC(=O)c1ccc([N+](=O)[O-])c(NN)c1. The highest BCUT2D eigenvalue weighted by molar-refractivity contribution is 5.96. The summed E-state index contributed by atoms with van der Waals surface area (Å²) >= 11 is 0. The lowest BCUT2D eigenvalue weighted by atomic mass is 10.1. The van der Waals surface area contributed by atoms with Gasteiger partial charge in [0, 0.05) is 31.6 Å². The highest BCUT2D eigenvalue weighted by Gasteiger charge is 2.16. The monoisotopic (exact) mass is 281 g/mol. The Kier molecular flexibility index (Phi) is 5.42. The molecule has 9 heteroatoms. The standard InChI is InChI=1S/C11H15N5O4/c1-13-10(17)4-5-14-11(18)7-2-3-9(16(19)20)8(6-7)15-12/h2-3,6,15H,4-5,12H2,1H3,(H,13,17)(H,14,18). The van der Waals surface area contributed by atoms with E-state index in [0.29, 0.717) is 0 Å². The molecule has 0 aromatic heterocycles. The Morgan fingerprint density at radius 2 is 2.10 bits per heavy atom. The smallest absolute Gasteiger partial charge is 0.293 e. The molecule has 0 aliphatic rings. The molecule has 0 radical (unpaired) electrons.